The molecule has 0 aliphatic carbocycles. The van der Waals surface area contributed by atoms with Crippen molar-refractivity contribution in [2.75, 3.05) is 0 Å². The van der Waals surface area contributed by atoms with Gasteiger partial charge in [-0.15, -0.1) is 0 Å². The van der Waals surface area contributed by atoms with E-state index in [-0.39, 0.29) is 12.0 Å². The van der Waals surface area contributed by atoms with Gasteiger partial charge in [-0.25, -0.2) is 0 Å². The number of hydrogen-bond donors (Lipinski definition) is 1. The van der Waals surface area contributed by atoms with Crippen LogP contribution in [-0.2, 0) is 6.42 Å². The molecule has 0 aliphatic rings. The summed E-state index contributed by atoms with van der Waals surface area (Å²) in [5.74, 6) is 0.398. The van der Waals surface area contributed by atoms with Crippen molar-refractivity contribution >= 4 is 5.91 Å². The molecule has 0 radical (unpaired) electrons. The molecule has 1 aromatic carbocycles. The zero-order valence-corrected chi connectivity index (χ0v) is 9.41. The Labute approximate surface area is 90.2 Å². The summed E-state index contributed by atoms with van der Waals surface area (Å²) < 4.78 is 5.54. The van der Waals surface area contributed by atoms with Gasteiger partial charge in [-0.3, -0.25) is 4.79 Å². The second-order valence-electron chi connectivity index (χ2n) is 3.70. The van der Waals surface area contributed by atoms with Crippen LogP contribution in [0, 0.1) is 0 Å². The summed E-state index contributed by atoms with van der Waals surface area (Å²) in [7, 11) is 0. The molecule has 82 valence electrons. The van der Waals surface area contributed by atoms with E-state index >= 15 is 0 Å². The molecule has 1 rings (SSSR count). The van der Waals surface area contributed by atoms with E-state index in [1.807, 2.05) is 26.8 Å². The van der Waals surface area contributed by atoms with Gasteiger partial charge >= 0.3 is 0 Å². The van der Waals surface area contributed by atoms with E-state index in [4.69, 9.17) is 10.5 Å². The third-order valence-corrected chi connectivity index (χ3v) is 2.09. The molecular formula is C12H17NO2. The van der Waals surface area contributed by atoms with E-state index in [1.54, 1.807) is 12.1 Å². The highest BCUT2D eigenvalue weighted by Crippen LogP contribution is 2.19. The van der Waals surface area contributed by atoms with Crippen LogP contribution in [0.15, 0.2) is 18.2 Å². The highest BCUT2D eigenvalue weighted by Gasteiger charge is 2.08. The van der Waals surface area contributed by atoms with Crippen molar-refractivity contribution < 1.29 is 9.53 Å². The fourth-order valence-electron chi connectivity index (χ4n) is 1.45. The summed E-state index contributed by atoms with van der Waals surface area (Å²) in [4.78, 5) is 11.1. The number of ether oxygens (including phenoxy) is 1. The Morgan fingerprint density at radius 1 is 1.47 bits per heavy atom. The molecule has 0 unspecified atom stereocenters. The lowest BCUT2D eigenvalue weighted by atomic mass is 10.0. The summed E-state index contributed by atoms with van der Waals surface area (Å²) in [5, 5.41) is 0. The average molecular weight is 207 g/mol. The highest BCUT2D eigenvalue weighted by molar-refractivity contribution is 5.94. The van der Waals surface area contributed by atoms with E-state index in [0.29, 0.717) is 5.56 Å². The topological polar surface area (TPSA) is 52.3 Å². The van der Waals surface area contributed by atoms with Crippen LogP contribution < -0.4 is 10.5 Å². The maximum atomic E-state index is 11.1. The van der Waals surface area contributed by atoms with Crippen LogP contribution in [0.4, 0.5) is 0 Å². The largest absolute Gasteiger partial charge is 0.491 e. The van der Waals surface area contributed by atoms with Crippen LogP contribution in [0.2, 0.25) is 0 Å². The first-order chi connectivity index (χ1) is 7.04. The maximum absolute atomic E-state index is 11.1. The van der Waals surface area contributed by atoms with Crippen LogP contribution in [0.3, 0.4) is 0 Å². The minimum atomic E-state index is -0.386. The summed E-state index contributed by atoms with van der Waals surface area (Å²) in [6.07, 6.45) is 0.905. The summed E-state index contributed by atoms with van der Waals surface area (Å²) in [5.41, 5.74) is 6.77. The van der Waals surface area contributed by atoms with Crippen molar-refractivity contribution in [1.82, 2.24) is 0 Å². The molecule has 1 amide bonds. The molecule has 0 atom stereocenters. The lowest BCUT2D eigenvalue weighted by Gasteiger charge is -2.12. The molecule has 3 heteroatoms. The summed E-state index contributed by atoms with van der Waals surface area (Å²) in [6, 6.07) is 5.37. The molecule has 0 bridgehead atoms. The molecule has 0 spiro atoms. The number of aryl methyl sites for hydroxylation is 1. The van der Waals surface area contributed by atoms with Gasteiger partial charge in [0.15, 0.2) is 0 Å². The van der Waals surface area contributed by atoms with Crippen molar-refractivity contribution in [3.63, 3.8) is 0 Å². The first kappa shape index (κ1) is 11.6. The molecule has 0 heterocycles. The van der Waals surface area contributed by atoms with Gasteiger partial charge in [0, 0.05) is 5.56 Å². The van der Waals surface area contributed by atoms with Crippen molar-refractivity contribution in [3.05, 3.63) is 29.3 Å². The number of hydrogen-bond acceptors (Lipinski definition) is 2. The Morgan fingerprint density at radius 2 is 2.13 bits per heavy atom. The van der Waals surface area contributed by atoms with Gasteiger partial charge in [0.05, 0.1) is 6.10 Å². The SMILES string of the molecule is CCc1cc(OC(C)C)ccc1C(N)=O. The second-order valence-corrected chi connectivity index (χ2v) is 3.70. The Morgan fingerprint density at radius 3 is 2.60 bits per heavy atom. The third-order valence-electron chi connectivity index (χ3n) is 2.09. The number of primary amides is 1. The second kappa shape index (κ2) is 4.82. The molecule has 15 heavy (non-hydrogen) atoms. The Balaban J connectivity index is 3.02. The van der Waals surface area contributed by atoms with E-state index in [0.717, 1.165) is 17.7 Å². The predicted molar refractivity (Wildman–Crippen MR) is 60.1 cm³/mol. The first-order valence-electron chi connectivity index (χ1n) is 5.14. The Bertz CT molecular complexity index is 359. The molecular weight excluding hydrogens is 190 g/mol. The summed E-state index contributed by atoms with van der Waals surface area (Å²) in [6.45, 7) is 5.92. The van der Waals surface area contributed by atoms with Gasteiger partial charge in [-0.05, 0) is 44.0 Å². The van der Waals surface area contributed by atoms with Gasteiger partial charge in [-0.2, -0.15) is 0 Å². The van der Waals surface area contributed by atoms with E-state index in [9.17, 15) is 4.79 Å². The van der Waals surface area contributed by atoms with Crippen molar-refractivity contribution in [3.8, 4) is 5.75 Å². The van der Waals surface area contributed by atoms with Crippen molar-refractivity contribution in [2.24, 2.45) is 5.73 Å². The van der Waals surface area contributed by atoms with Crippen LogP contribution >= 0.6 is 0 Å². The van der Waals surface area contributed by atoms with Gasteiger partial charge in [-0.1, -0.05) is 6.92 Å². The van der Waals surface area contributed by atoms with Crippen molar-refractivity contribution in [1.29, 1.82) is 0 Å². The average Bonchev–Trinajstić information content (AvgIpc) is 2.16. The van der Waals surface area contributed by atoms with Crippen LogP contribution in [-0.4, -0.2) is 12.0 Å². The molecule has 0 fully saturated rings. The Kier molecular flexibility index (Phi) is 3.72. The van der Waals surface area contributed by atoms with Gasteiger partial charge in [0.2, 0.25) is 5.91 Å². The molecule has 0 saturated heterocycles. The quantitative estimate of drug-likeness (QED) is 0.822. The monoisotopic (exact) mass is 207 g/mol. The Hall–Kier alpha value is -1.51. The van der Waals surface area contributed by atoms with Gasteiger partial charge in [0.1, 0.15) is 5.75 Å². The maximum Gasteiger partial charge on any atom is 0.248 e. The minimum absolute atomic E-state index is 0.133. The molecule has 0 aliphatic heterocycles. The van der Waals surface area contributed by atoms with E-state index < -0.39 is 0 Å². The number of carbonyl (C=O) groups excluding carboxylic acids is 1. The normalized spacial score (nSPS) is 10.4. The fraction of sp³-hybridized carbons (Fsp3) is 0.417. The van der Waals surface area contributed by atoms with Gasteiger partial charge in [0.25, 0.3) is 0 Å². The van der Waals surface area contributed by atoms with E-state index in [1.165, 1.54) is 0 Å². The fourth-order valence-corrected chi connectivity index (χ4v) is 1.45. The molecule has 1 aromatic rings. The smallest absolute Gasteiger partial charge is 0.248 e. The van der Waals surface area contributed by atoms with Crippen molar-refractivity contribution in [2.45, 2.75) is 33.3 Å². The molecule has 0 aromatic heterocycles. The molecule has 3 nitrogen and oxygen atoms in total. The number of benzene rings is 1. The number of rotatable bonds is 4. The zero-order valence-electron chi connectivity index (χ0n) is 9.41. The lowest BCUT2D eigenvalue weighted by molar-refractivity contribution is 0.0999. The first-order valence-corrected chi connectivity index (χ1v) is 5.14. The van der Waals surface area contributed by atoms with Crippen LogP contribution in [0.5, 0.6) is 5.75 Å². The highest BCUT2D eigenvalue weighted by atomic mass is 16.5. The predicted octanol–water partition coefficient (Wildman–Crippen LogP) is 2.14. The molecule has 0 saturated carbocycles. The number of amides is 1. The zero-order chi connectivity index (χ0) is 11.4. The van der Waals surface area contributed by atoms with E-state index in [2.05, 4.69) is 0 Å². The number of nitrogens with two attached hydrogens (primary N) is 1. The van der Waals surface area contributed by atoms with Crippen LogP contribution in [0.1, 0.15) is 36.7 Å². The minimum Gasteiger partial charge on any atom is -0.491 e. The third kappa shape index (κ3) is 2.98. The molecule has 2 N–H and O–H groups in total. The lowest BCUT2D eigenvalue weighted by Crippen LogP contribution is -2.14. The summed E-state index contributed by atoms with van der Waals surface area (Å²) >= 11 is 0. The number of carbonyl (C=O) groups is 1. The standard InChI is InChI=1S/C12H17NO2/c1-4-9-7-10(15-8(2)3)5-6-11(9)12(13)14/h5-8H,4H2,1-3H3,(H2,13,14). The van der Waals surface area contributed by atoms with Crippen LogP contribution in [0.25, 0.3) is 0 Å². The van der Waals surface area contributed by atoms with Gasteiger partial charge < -0.3 is 10.5 Å².